The van der Waals surface area contributed by atoms with Crippen LogP contribution in [0.4, 0.5) is 0 Å². The van der Waals surface area contributed by atoms with E-state index in [-0.39, 0.29) is 17.4 Å². The molecule has 108 valence electrons. The van der Waals surface area contributed by atoms with Crippen LogP contribution in [0, 0.1) is 11.3 Å². The molecule has 2 saturated carbocycles. The van der Waals surface area contributed by atoms with Crippen molar-refractivity contribution in [2.45, 2.75) is 83.3 Å². The highest BCUT2D eigenvalue weighted by Gasteiger charge is 2.41. The maximum atomic E-state index is 12.5. The van der Waals surface area contributed by atoms with Gasteiger partial charge in [0, 0.05) is 12.1 Å². The second kappa shape index (κ2) is 5.08. The number of fused-ring (bicyclic) bond motifs is 1. The molecule has 0 radical (unpaired) electrons. The summed E-state index contributed by atoms with van der Waals surface area (Å²) < 4.78 is 0. The summed E-state index contributed by atoms with van der Waals surface area (Å²) in [7, 11) is 0. The predicted octanol–water partition coefficient (Wildman–Crippen LogP) is 2.60. The van der Waals surface area contributed by atoms with Crippen molar-refractivity contribution in [3.8, 4) is 0 Å². The van der Waals surface area contributed by atoms with E-state index in [1.165, 1.54) is 38.5 Å². The minimum atomic E-state index is 0.0736. The van der Waals surface area contributed by atoms with Gasteiger partial charge in [-0.3, -0.25) is 4.79 Å². The summed E-state index contributed by atoms with van der Waals surface area (Å²) in [6.07, 6.45) is 9.97. The Morgan fingerprint density at radius 3 is 2.63 bits per heavy atom. The molecule has 2 aliphatic carbocycles. The maximum Gasteiger partial charge on any atom is 0.237 e. The van der Waals surface area contributed by atoms with Gasteiger partial charge in [-0.2, -0.15) is 0 Å². The van der Waals surface area contributed by atoms with Gasteiger partial charge in [0.25, 0.3) is 0 Å². The zero-order valence-corrected chi connectivity index (χ0v) is 12.4. The highest BCUT2D eigenvalue weighted by atomic mass is 16.2. The second-order valence-electron chi connectivity index (χ2n) is 7.55. The zero-order valence-electron chi connectivity index (χ0n) is 12.4. The zero-order chi connectivity index (χ0) is 13.5. The van der Waals surface area contributed by atoms with Crippen LogP contribution in [0.2, 0.25) is 0 Å². The smallest absolute Gasteiger partial charge is 0.237 e. The van der Waals surface area contributed by atoms with Crippen LogP contribution in [-0.2, 0) is 4.79 Å². The first-order valence-corrected chi connectivity index (χ1v) is 8.13. The SMILES string of the molecule is CC1(C)CCCC1NC(=O)C1CC2CCCCC2N1. The van der Waals surface area contributed by atoms with E-state index in [1.54, 1.807) is 0 Å². The van der Waals surface area contributed by atoms with E-state index in [9.17, 15) is 4.79 Å². The van der Waals surface area contributed by atoms with Gasteiger partial charge >= 0.3 is 0 Å². The number of hydrogen-bond acceptors (Lipinski definition) is 2. The number of carbonyl (C=O) groups excluding carboxylic acids is 1. The lowest BCUT2D eigenvalue weighted by Crippen LogP contribution is -2.49. The molecule has 3 aliphatic rings. The normalized spacial score (nSPS) is 40.9. The molecule has 0 bridgehead atoms. The van der Waals surface area contributed by atoms with Crippen molar-refractivity contribution in [1.82, 2.24) is 10.6 Å². The van der Waals surface area contributed by atoms with Crippen LogP contribution < -0.4 is 10.6 Å². The Kier molecular flexibility index (Phi) is 3.59. The fraction of sp³-hybridized carbons (Fsp3) is 0.938. The van der Waals surface area contributed by atoms with Gasteiger partial charge in [-0.05, 0) is 43.4 Å². The van der Waals surface area contributed by atoms with Crippen molar-refractivity contribution in [2.75, 3.05) is 0 Å². The quantitative estimate of drug-likeness (QED) is 0.805. The number of nitrogens with one attached hydrogen (secondary N) is 2. The molecule has 0 aromatic heterocycles. The summed E-state index contributed by atoms with van der Waals surface area (Å²) in [5, 5.41) is 6.90. The van der Waals surface area contributed by atoms with Crippen LogP contribution >= 0.6 is 0 Å². The molecule has 1 amide bonds. The Morgan fingerprint density at radius 2 is 1.95 bits per heavy atom. The highest BCUT2D eigenvalue weighted by molar-refractivity contribution is 5.82. The van der Waals surface area contributed by atoms with Gasteiger partial charge < -0.3 is 10.6 Å². The molecule has 3 rings (SSSR count). The van der Waals surface area contributed by atoms with Gasteiger partial charge in [-0.1, -0.05) is 33.1 Å². The Balaban J connectivity index is 1.56. The van der Waals surface area contributed by atoms with Crippen LogP contribution in [0.15, 0.2) is 0 Å². The van der Waals surface area contributed by atoms with E-state index in [0.29, 0.717) is 12.1 Å². The molecule has 2 N–H and O–H groups in total. The van der Waals surface area contributed by atoms with E-state index in [0.717, 1.165) is 18.8 Å². The molecule has 19 heavy (non-hydrogen) atoms. The maximum absolute atomic E-state index is 12.5. The van der Waals surface area contributed by atoms with Gasteiger partial charge in [0.2, 0.25) is 5.91 Å². The average molecular weight is 264 g/mol. The van der Waals surface area contributed by atoms with Crippen molar-refractivity contribution in [2.24, 2.45) is 11.3 Å². The summed E-state index contributed by atoms with van der Waals surface area (Å²) in [4.78, 5) is 12.5. The van der Waals surface area contributed by atoms with Gasteiger partial charge in [0.15, 0.2) is 0 Å². The van der Waals surface area contributed by atoms with Crippen LogP contribution in [0.25, 0.3) is 0 Å². The molecular weight excluding hydrogens is 236 g/mol. The topological polar surface area (TPSA) is 41.1 Å². The molecule has 1 heterocycles. The molecule has 4 unspecified atom stereocenters. The van der Waals surface area contributed by atoms with Gasteiger partial charge in [-0.25, -0.2) is 0 Å². The summed E-state index contributed by atoms with van der Waals surface area (Å²) in [6, 6.07) is 1.06. The van der Waals surface area contributed by atoms with E-state index in [2.05, 4.69) is 24.5 Å². The van der Waals surface area contributed by atoms with Crippen LogP contribution in [0.1, 0.15) is 65.2 Å². The molecule has 0 spiro atoms. The van der Waals surface area contributed by atoms with E-state index in [1.807, 2.05) is 0 Å². The molecule has 1 aliphatic heterocycles. The molecular formula is C16H28N2O. The Labute approximate surface area is 116 Å². The summed E-state index contributed by atoms with van der Waals surface area (Å²) in [5.74, 6) is 1.01. The van der Waals surface area contributed by atoms with Crippen molar-refractivity contribution in [3.63, 3.8) is 0 Å². The number of amides is 1. The Bertz CT molecular complexity index is 339. The Morgan fingerprint density at radius 1 is 1.16 bits per heavy atom. The molecule has 3 nitrogen and oxygen atoms in total. The third-order valence-electron chi connectivity index (χ3n) is 5.75. The van der Waals surface area contributed by atoms with Crippen LogP contribution in [0.5, 0.6) is 0 Å². The van der Waals surface area contributed by atoms with Crippen molar-refractivity contribution in [1.29, 1.82) is 0 Å². The Hall–Kier alpha value is -0.570. The monoisotopic (exact) mass is 264 g/mol. The number of rotatable bonds is 2. The summed E-state index contributed by atoms with van der Waals surface area (Å²) >= 11 is 0. The third-order valence-corrected chi connectivity index (χ3v) is 5.75. The molecule has 3 heteroatoms. The minimum absolute atomic E-state index is 0.0736. The van der Waals surface area contributed by atoms with E-state index >= 15 is 0 Å². The third kappa shape index (κ3) is 2.67. The second-order valence-corrected chi connectivity index (χ2v) is 7.55. The average Bonchev–Trinajstić information content (AvgIpc) is 2.93. The molecule has 1 saturated heterocycles. The lowest BCUT2D eigenvalue weighted by atomic mass is 9.85. The molecule has 0 aromatic rings. The minimum Gasteiger partial charge on any atom is -0.351 e. The fourth-order valence-corrected chi connectivity index (χ4v) is 4.39. The predicted molar refractivity (Wildman–Crippen MR) is 76.8 cm³/mol. The van der Waals surface area contributed by atoms with Crippen LogP contribution in [0.3, 0.4) is 0 Å². The molecule has 4 atom stereocenters. The lowest BCUT2D eigenvalue weighted by molar-refractivity contribution is -0.124. The fourth-order valence-electron chi connectivity index (χ4n) is 4.39. The lowest BCUT2D eigenvalue weighted by Gasteiger charge is -2.29. The van der Waals surface area contributed by atoms with Crippen LogP contribution in [-0.4, -0.2) is 24.0 Å². The standard InChI is InChI=1S/C16H28N2O/c1-16(2)9-5-8-14(16)18-15(19)13-10-11-6-3-4-7-12(11)17-13/h11-14,17H,3-10H2,1-2H3,(H,18,19). The van der Waals surface area contributed by atoms with Gasteiger partial charge in [0.1, 0.15) is 0 Å². The van der Waals surface area contributed by atoms with Gasteiger partial charge in [0.05, 0.1) is 6.04 Å². The van der Waals surface area contributed by atoms with Crippen molar-refractivity contribution in [3.05, 3.63) is 0 Å². The summed E-state index contributed by atoms with van der Waals surface area (Å²) in [6.45, 7) is 4.57. The van der Waals surface area contributed by atoms with E-state index < -0.39 is 0 Å². The number of hydrogen-bond donors (Lipinski definition) is 2. The number of carbonyl (C=O) groups is 1. The first kappa shape index (κ1) is 13.4. The highest BCUT2D eigenvalue weighted by Crippen LogP contribution is 2.38. The van der Waals surface area contributed by atoms with E-state index in [4.69, 9.17) is 0 Å². The molecule has 0 aromatic carbocycles. The first-order valence-electron chi connectivity index (χ1n) is 8.13. The largest absolute Gasteiger partial charge is 0.351 e. The molecule has 3 fully saturated rings. The van der Waals surface area contributed by atoms with Crippen molar-refractivity contribution < 1.29 is 4.79 Å². The first-order chi connectivity index (χ1) is 9.06. The van der Waals surface area contributed by atoms with Gasteiger partial charge in [-0.15, -0.1) is 0 Å². The van der Waals surface area contributed by atoms with Crippen molar-refractivity contribution >= 4 is 5.91 Å². The summed E-state index contributed by atoms with van der Waals surface area (Å²) in [5.41, 5.74) is 0.279.